The van der Waals surface area contributed by atoms with Crippen LogP contribution in [0.1, 0.15) is 6.92 Å². The Hall–Kier alpha value is 0.0800. The molecule has 0 amide bonds. The highest BCUT2D eigenvalue weighted by Gasteiger charge is 1.88. The maximum atomic E-state index is 5.49. The highest BCUT2D eigenvalue weighted by molar-refractivity contribution is 7.99. The highest BCUT2D eigenvalue weighted by atomic mass is 35.5. The van der Waals surface area contributed by atoms with Gasteiger partial charge in [0.2, 0.25) is 0 Å². The minimum absolute atomic E-state index is 0.887. The van der Waals surface area contributed by atoms with Crippen LogP contribution in [0.25, 0.3) is 0 Å². The van der Waals surface area contributed by atoms with Crippen molar-refractivity contribution in [1.82, 2.24) is 5.32 Å². The van der Waals surface area contributed by atoms with E-state index >= 15 is 0 Å². The van der Waals surface area contributed by atoms with Gasteiger partial charge >= 0.3 is 0 Å². The van der Waals surface area contributed by atoms with Gasteiger partial charge < -0.3 is 5.32 Å². The molecule has 12 heavy (non-hydrogen) atoms. The van der Waals surface area contributed by atoms with Crippen LogP contribution in [0.15, 0.2) is 23.8 Å². The molecule has 1 N–H and O–H groups in total. The molecule has 0 radical (unpaired) electrons. The predicted octanol–water partition coefficient (Wildman–Crippen LogP) is 2.64. The van der Waals surface area contributed by atoms with E-state index in [0.29, 0.717) is 0 Å². The van der Waals surface area contributed by atoms with Crippen LogP contribution in [0.5, 0.6) is 0 Å². The molecule has 0 aliphatic heterocycles. The third-order valence-electron chi connectivity index (χ3n) is 1.25. The van der Waals surface area contributed by atoms with Crippen LogP contribution in [-0.2, 0) is 0 Å². The third-order valence-corrected chi connectivity index (χ3v) is 2.59. The number of thioether (sulfide) groups is 1. The quantitative estimate of drug-likeness (QED) is 0.507. The van der Waals surface area contributed by atoms with E-state index in [1.807, 2.05) is 24.8 Å². The van der Waals surface area contributed by atoms with Crippen molar-refractivity contribution in [2.45, 2.75) is 6.92 Å². The lowest BCUT2D eigenvalue weighted by Crippen LogP contribution is -2.19. The fraction of sp³-hybridized carbons (Fsp3) is 0.556. The largest absolute Gasteiger partial charge is 0.312 e. The Balaban J connectivity index is 3.05. The Labute approximate surface area is 84.3 Å². The van der Waals surface area contributed by atoms with E-state index in [9.17, 15) is 0 Å². The van der Waals surface area contributed by atoms with E-state index < -0.39 is 0 Å². The van der Waals surface area contributed by atoms with Crippen molar-refractivity contribution in [3.8, 4) is 0 Å². The second-order valence-corrected chi connectivity index (χ2v) is 3.86. The van der Waals surface area contributed by atoms with E-state index in [2.05, 4.69) is 11.9 Å². The Morgan fingerprint density at radius 1 is 1.67 bits per heavy atom. The molecule has 1 nitrogen and oxygen atoms in total. The van der Waals surface area contributed by atoms with Crippen LogP contribution < -0.4 is 5.32 Å². The molecular weight excluding hydrogens is 190 g/mol. The maximum Gasteiger partial charge on any atom is 0.0173 e. The number of hydrogen-bond donors (Lipinski definition) is 1. The molecule has 0 rings (SSSR count). The number of hydrogen-bond acceptors (Lipinski definition) is 2. The van der Waals surface area contributed by atoms with Crippen molar-refractivity contribution in [1.29, 1.82) is 0 Å². The standard InChI is InChI=1S/C9H16ClNS/c1-3-5-12-6-4-11-8-9(2)7-10/h3,7,11H,1,4-6,8H2,2H3/b9-7-. The van der Waals surface area contributed by atoms with Crippen LogP contribution in [0.2, 0.25) is 0 Å². The summed E-state index contributed by atoms with van der Waals surface area (Å²) in [6, 6.07) is 0. The summed E-state index contributed by atoms with van der Waals surface area (Å²) in [6.07, 6.45) is 1.93. The normalized spacial score (nSPS) is 11.7. The SMILES string of the molecule is C=CCSCCNC/C(C)=C\Cl. The fourth-order valence-electron chi connectivity index (χ4n) is 0.635. The van der Waals surface area contributed by atoms with Gasteiger partial charge in [0.05, 0.1) is 0 Å². The van der Waals surface area contributed by atoms with Crippen molar-refractivity contribution in [3.63, 3.8) is 0 Å². The Kier molecular flexibility index (Phi) is 9.23. The first-order valence-electron chi connectivity index (χ1n) is 3.96. The molecule has 0 aliphatic carbocycles. The summed E-state index contributed by atoms with van der Waals surface area (Å²) in [6.45, 7) is 7.58. The summed E-state index contributed by atoms with van der Waals surface area (Å²) >= 11 is 7.37. The van der Waals surface area contributed by atoms with Crippen molar-refractivity contribution >= 4 is 23.4 Å². The zero-order valence-corrected chi connectivity index (χ0v) is 9.05. The monoisotopic (exact) mass is 205 g/mol. The molecular formula is C9H16ClNS. The molecule has 0 aliphatic rings. The first kappa shape index (κ1) is 12.1. The molecule has 0 aromatic heterocycles. The van der Waals surface area contributed by atoms with Gasteiger partial charge in [-0.05, 0) is 12.5 Å². The van der Waals surface area contributed by atoms with E-state index in [1.165, 1.54) is 5.57 Å². The summed E-state index contributed by atoms with van der Waals surface area (Å²) in [5.41, 5.74) is 2.79. The van der Waals surface area contributed by atoms with E-state index in [-0.39, 0.29) is 0 Å². The van der Waals surface area contributed by atoms with Crippen LogP contribution in [0.4, 0.5) is 0 Å². The minimum Gasteiger partial charge on any atom is -0.312 e. The summed E-state index contributed by atoms with van der Waals surface area (Å²) in [5.74, 6) is 2.16. The summed E-state index contributed by atoms with van der Waals surface area (Å²) in [4.78, 5) is 0. The highest BCUT2D eigenvalue weighted by Crippen LogP contribution is 1.97. The van der Waals surface area contributed by atoms with E-state index in [1.54, 1.807) is 5.54 Å². The maximum absolute atomic E-state index is 5.49. The lowest BCUT2D eigenvalue weighted by atomic mass is 10.3. The van der Waals surface area contributed by atoms with Gasteiger partial charge in [0.1, 0.15) is 0 Å². The minimum atomic E-state index is 0.887. The van der Waals surface area contributed by atoms with Crippen LogP contribution in [-0.4, -0.2) is 24.6 Å². The summed E-state index contributed by atoms with van der Waals surface area (Å²) < 4.78 is 0. The van der Waals surface area contributed by atoms with Gasteiger partial charge in [0, 0.05) is 30.1 Å². The number of halogens is 1. The molecule has 0 unspecified atom stereocenters. The Morgan fingerprint density at radius 3 is 3.00 bits per heavy atom. The predicted molar refractivity (Wildman–Crippen MR) is 60.0 cm³/mol. The van der Waals surface area contributed by atoms with Gasteiger partial charge in [-0.1, -0.05) is 17.7 Å². The van der Waals surface area contributed by atoms with E-state index in [0.717, 1.165) is 24.6 Å². The van der Waals surface area contributed by atoms with Crippen LogP contribution in [0.3, 0.4) is 0 Å². The molecule has 0 aromatic rings. The average molecular weight is 206 g/mol. The molecule has 0 saturated heterocycles. The smallest absolute Gasteiger partial charge is 0.0173 e. The van der Waals surface area contributed by atoms with Crippen LogP contribution in [0, 0.1) is 0 Å². The average Bonchev–Trinajstić information content (AvgIpc) is 2.10. The molecule has 0 bridgehead atoms. The molecule has 0 atom stereocenters. The number of nitrogens with one attached hydrogen (secondary N) is 1. The Bertz CT molecular complexity index is 145. The molecule has 70 valence electrons. The molecule has 0 aromatic carbocycles. The van der Waals surface area contributed by atoms with Gasteiger partial charge in [-0.25, -0.2) is 0 Å². The molecule has 0 saturated carbocycles. The van der Waals surface area contributed by atoms with Crippen molar-refractivity contribution in [2.75, 3.05) is 24.6 Å². The zero-order valence-electron chi connectivity index (χ0n) is 7.48. The summed E-state index contributed by atoms with van der Waals surface area (Å²) in [5, 5.41) is 3.29. The molecule has 0 heterocycles. The third kappa shape index (κ3) is 8.18. The first-order valence-corrected chi connectivity index (χ1v) is 5.55. The second-order valence-electron chi connectivity index (χ2n) is 2.50. The van der Waals surface area contributed by atoms with Gasteiger partial charge in [-0.2, -0.15) is 11.8 Å². The fourth-order valence-corrected chi connectivity index (χ4v) is 1.33. The van der Waals surface area contributed by atoms with Crippen molar-refractivity contribution < 1.29 is 0 Å². The lowest BCUT2D eigenvalue weighted by Gasteiger charge is -2.02. The molecule has 0 fully saturated rings. The zero-order chi connectivity index (χ0) is 9.23. The number of rotatable bonds is 7. The second kappa shape index (κ2) is 9.17. The van der Waals surface area contributed by atoms with Gasteiger partial charge in [-0.15, -0.1) is 6.58 Å². The van der Waals surface area contributed by atoms with Gasteiger partial charge in [0.15, 0.2) is 0 Å². The Morgan fingerprint density at radius 2 is 2.42 bits per heavy atom. The first-order chi connectivity index (χ1) is 5.81. The van der Waals surface area contributed by atoms with Crippen LogP contribution >= 0.6 is 23.4 Å². The molecule has 3 heteroatoms. The summed E-state index contributed by atoms with van der Waals surface area (Å²) in [7, 11) is 0. The van der Waals surface area contributed by atoms with Crippen molar-refractivity contribution in [2.24, 2.45) is 0 Å². The lowest BCUT2D eigenvalue weighted by molar-refractivity contribution is 0.783. The topological polar surface area (TPSA) is 12.0 Å². The van der Waals surface area contributed by atoms with Gasteiger partial charge in [0.25, 0.3) is 0 Å². The molecule has 0 spiro atoms. The van der Waals surface area contributed by atoms with Gasteiger partial charge in [-0.3, -0.25) is 0 Å². The van der Waals surface area contributed by atoms with Crippen molar-refractivity contribution in [3.05, 3.63) is 23.8 Å². The van der Waals surface area contributed by atoms with E-state index in [4.69, 9.17) is 11.6 Å².